The molecule has 7 heteroatoms. The maximum absolute atomic E-state index is 8.79. The van der Waals surface area contributed by atoms with Gasteiger partial charge in [-0.05, 0) is 30.7 Å². The molecule has 0 aliphatic carbocycles. The number of nitrogens with one attached hydrogen (secondary N) is 1. The average molecular weight is 341 g/mol. The molecule has 0 bridgehead atoms. The molecular weight excluding hydrogens is 318 g/mol. The van der Waals surface area contributed by atoms with Crippen LogP contribution >= 0.6 is 0 Å². The van der Waals surface area contributed by atoms with E-state index in [9.17, 15) is 0 Å². The monoisotopic (exact) mass is 341 g/mol. The van der Waals surface area contributed by atoms with Gasteiger partial charge in [-0.2, -0.15) is 10.4 Å². The van der Waals surface area contributed by atoms with E-state index in [0.717, 1.165) is 49.9 Å². The first kappa shape index (κ1) is 17.4. The lowest BCUT2D eigenvalue weighted by atomic mass is 10.2. The predicted octanol–water partition coefficient (Wildman–Crippen LogP) is 2.08. The summed E-state index contributed by atoms with van der Waals surface area (Å²) in [6, 6.07) is 9.30. The van der Waals surface area contributed by atoms with Gasteiger partial charge in [0.2, 0.25) is 0 Å². The number of morpholine rings is 1. The second-order valence-electron chi connectivity index (χ2n) is 5.99. The number of aromatic nitrogens is 3. The van der Waals surface area contributed by atoms with Crippen LogP contribution in [-0.4, -0.2) is 52.9 Å². The standard InChI is InChI=1S/C18H23N5O2/c1-2-17-20-18(22-21-17)16-13-23(9-11-25-16)8-3-10-24-15-6-4-14(12-19)5-7-15/h4-7,16H,2-3,8-11,13H2,1H3,(H,20,21,22)/t16-/m1/s1. The Morgan fingerprint density at radius 1 is 1.40 bits per heavy atom. The maximum atomic E-state index is 8.79. The number of rotatable bonds is 7. The van der Waals surface area contributed by atoms with Crippen LogP contribution in [0.2, 0.25) is 0 Å². The molecule has 1 aromatic carbocycles. The number of nitrogens with zero attached hydrogens (tertiary/aromatic N) is 4. The first-order chi connectivity index (χ1) is 12.3. The van der Waals surface area contributed by atoms with Gasteiger partial charge < -0.3 is 9.47 Å². The summed E-state index contributed by atoms with van der Waals surface area (Å²) in [7, 11) is 0. The minimum atomic E-state index is -0.0651. The van der Waals surface area contributed by atoms with Crippen LogP contribution < -0.4 is 4.74 Å². The number of H-pyrrole nitrogens is 1. The molecule has 7 nitrogen and oxygen atoms in total. The van der Waals surface area contributed by atoms with Crippen molar-refractivity contribution < 1.29 is 9.47 Å². The summed E-state index contributed by atoms with van der Waals surface area (Å²) in [5.41, 5.74) is 0.643. The smallest absolute Gasteiger partial charge is 0.180 e. The van der Waals surface area contributed by atoms with Crippen molar-refractivity contribution in [3.63, 3.8) is 0 Å². The number of aryl methyl sites for hydroxylation is 1. The van der Waals surface area contributed by atoms with Crippen LogP contribution in [0.25, 0.3) is 0 Å². The van der Waals surface area contributed by atoms with E-state index in [0.29, 0.717) is 18.8 Å². The van der Waals surface area contributed by atoms with E-state index in [1.807, 2.05) is 19.1 Å². The predicted molar refractivity (Wildman–Crippen MR) is 92.2 cm³/mol. The van der Waals surface area contributed by atoms with Crippen molar-refractivity contribution in [2.24, 2.45) is 0 Å². The molecule has 1 N–H and O–H groups in total. The molecule has 2 aromatic rings. The molecule has 1 saturated heterocycles. The molecule has 1 atom stereocenters. The number of ether oxygens (including phenoxy) is 2. The second kappa shape index (κ2) is 8.60. The molecule has 0 unspecified atom stereocenters. The van der Waals surface area contributed by atoms with Gasteiger partial charge >= 0.3 is 0 Å². The zero-order valence-corrected chi connectivity index (χ0v) is 14.4. The molecule has 0 spiro atoms. The van der Waals surface area contributed by atoms with Gasteiger partial charge in [0.05, 0.1) is 24.8 Å². The van der Waals surface area contributed by atoms with Crippen molar-refractivity contribution in [3.8, 4) is 11.8 Å². The minimum Gasteiger partial charge on any atom is -0.494 e. The number of hydrogen-bond acceptors (Lipinski definition) is 6. The molecule has 1 fully saturated rings. The number of hydrogen-bond donors (Lipinski definition) is 1. The Hall–Kier alpha value is -2.43. The van der Waals surface area contributed by atoms with Gasteiger partial charge in [0.25, 0.3) is 0 Å². The van der Waals surface area contributed by atoms with E-state index in [4.69, 9.17) is 14.7 Å². The molecule has 2 heterocycles. The third kappa shape index (κ3) is 4.78. The highest BCUT2D eigenvalue weighted by molar-refractivity contribution is 5.34. The highest BCUT2D eigenvalue weighted by Crippen LogP contribution is 2.19. The third-order valence-electron chi connectivity index (χ3n) is 4.19. The molecule has 0 amide bonds. The number of benzene rings is 1. The summed E-state index contributed by atoms with van der Waals surface area (Å²) in [5.74, 6) is 2.44. The molecule has 132 valence electrons. The zero-order valence-electron chi connectivity index (χ0n) is 14.4. The maximum Gasteiger partial charge on any atom is 0.180 e. The Kier molecular flexibility index (Phi) is 5.99. The van der Waals surface area contributed by atoms with Gasteiger partial charge in [-0.25, -0.2) is 4.98 Å². The number of nitriles is 1. The normalized spacial score (nSPS) is 18.0. The fourth-order valence-corrected chi connectivity index (χ4v) is 2.78. The van der Waals surface area contributed by atoms with Crippen LogP contribution in [0.5, 0.6) is 5.75 Å². The highest BCUT2D eigenvalue weighted by Gasteiger charge is 2.24. The Balaban J connectivity index is 1.41. The molecule has 1 aromatic heterocycles. The molecule has 1 aliphatic heterocycles. The lowest BCUT2D eigenvalue weighted by Gasteiger charge is -2.31. The topological polar surface area (TPSA) is 87.1 Å². The van der Waals surface area contributed by atoms with Crippen LogP contribution in [0, 0.1) is 11.3 Å². The third-order valence-corrected chi connectivity index (χ3v) is 4.19. The van der Waals surface area contributed by atoms with Crippen molar-refractivity contribution in [1.82, 2.24) is 20.1 Å². The molecular formula is C18H23N5O2. The second-order valence-corrected chi connectivity index (χ2v) is 5.99. The molecule has 1 aliphatic rings. The lowest BCUT2D eigenvalue weighted by Crippen LogP contribution is -2.39. The zero-order chi connectivity index (χ0) is 17.5. The Morgan fingerprint density at radius 3 is 2.96 bits per heavy atom. The van der Waals surface area contributed by atoms with Gasteiger partial charge in [-0.3, -0.25) is 10.00 Å². The van der Waals surface area contributed by atoms with E-state index in [-0.39, 0.29) is 6.10 Å². The molecule has 3 rings (SSSR count). The van der Waals surface area contributed by atoms with Crippen molar-refractivity contribution in [1.29, 1.82) is 5.26 Å². The van der Waals surface area contributed by atoms with Crippen LogP contribution in [-0.2, 0) is 11.2 Å². The van der Waals surface area contributed by atoms with Gasteiger partial charge in [0, 0.05) is 26.1 Å². The fourth-order valence-electron chi connectivity index (χ4n) is 2.78. The van der Waals surface area contributed by atoms with Gasteiger partial charge in [0.15, 0.2) is 5.82 Å². The summed E-state index contributed by atoms with van der Waals surface area (Å²) in [6.45, 7) is 6.05. The van der Waals surface area contributed by atoms with Gasteiger partial charge in [-0.1, -0.05) is 6.92 Å². The van der Waals surface area contributed by atoms with Crippen LogP contribution in [0.15, 0.2) is 24.3 Å². The average Bonchev–Trinajstić information content (AvgIpc) is 3.15. The van der Waals surface area contributed by atoms with E-state index in [2.05, 4.69) is 26.2 Å². The lowest BCUT2D eigenvalue weighted by molar-refractivity contribution is -0.0351. The van der Waals surface area contributed by atoms with Crippen molar-refractivity contribution >= 4 is 0 Å². The Labute approximate surface area is 147 Å². The van der Waals surface area contributed by atoms with Crippen LogP contribution in [0.1, 0.15) is 36.7 Å². The highest BCUT2D eigenvalue weighted by atomic mass is 16.5. The minimum absolute atomic E-state index is 0.0651. The summed E-state index contributed by atoms with van der Waals surface area (Å²) in [4.78, 5) is 6.83. The Bertz CT molecular complexity index is 707. The van der Waals surface area contributed by atoms with Crippen LogP contribution in [0.3, 0.4) is 0 Å². The fraction of sp³-hybridized carbons (Fsp3) is 0.500. The SMILES string of the molecule is CCc1nc([C@H]2CN(CCCOc3ccc(C#N)cc3)CCO2)n[nH]1. The first-order valence-corrected chi connectivity index (χ1v) is 8.66. The van der Waals surface area contributed by atoms with E-state index < -0.39 is 0 Å². The Morgan fingerprint density at radius 2 is 2.24 bits per heavy atom. The summed E-state index contributed by atoms with van der Waals surface area (Å²) in [6.07, 6.45) is 1.71. The summed E-state index contributed by atoms with van der Waals surface area (Å²) < 4.78 is 11.5. The summed E-state index contributed by atoms with van der Waals surface area (Å²) in [5, 5.41) is 16.0. The molecule has 25 heavy (non-hydrogen) atoms. The summed E-state index contributed by atoms with van der Waals surface area (Å²) >= 11 is 0. The number of aromatic amines is 1. The first-order valence-electron chi connectivity index (χ1n) is 8.66. The van der Waals surface area contributed by atoms with Gasteiger partial charge in [0.1, 0.15) is 17.7 Å². The van der Waals surface area contributed by atoms with Crippen molar-refractivity contribution in [3.05, 3.63) is 41.5 Å². The quantitative estimate of drug-likeness (QED) is 0.776. The van der Waals surface area contributed by atoms with E-state index in [1.165, 1.54) is 0 Å². The molecule has 0 radical (unpaired) electrons. The molecule has 0 saturated carbocycles. The van der Waals surface area contributed by atoms with E-state index in [1.54, 1.807) is 12.1 Å². The van der Waals surface area contributed by atoms with E-state index >= 15 is 0 Å². The van der Waals surface area contributed by atoms with Crippen molar-refractivity contribution in [2.75, 3.05) is 32.8 Å². The largest absolute Gasteiger partial charge is 0.494 e. The van der Waals surface area contributed by atoms with Crippen molar-refractivity contribution in [2.45, 2.75) is 25.9 Å². The van der Waals surface area contributed by atoms with Crippen LogP contribution in [0.4, 0.5) is 0 Å². The van der Waals surface area contributed by atoms with Gasteiger partial charge in [-0.15, -0.1) is 0 Å².